The second-order valence-electron chi connectivity index (χ2n) is 11.9. The zero-order chi connectivity index (χ0) is 28.4. The fourth-order valence-corrected chi connectivity index (χ4v) is 5.58. The molecule has 40 heavy (non-hydrogen) atoms. The number of hydrogen-bond donors (Lipinski definition) is 2. The van der Waals surface area contributed by atoms with Crippen molar-refractivity contribution < 1.29 is 9.84 Å². The van der Waals surface area contributed by atoms with Gasteiger partial charge in [0.05, 0.1) is 41.4 Å². The number of nitrogen functional groups attached to an aromatic ring is 1. The molecule has 2 aliphatic rings. The second kappa shape index (κ2) is 11.7. The van der Waals surface area contributed by atoms with Gasteiger partial charge in [0.15, 0.2) is 5.82 Å². The van der Waals surface area contributed by atoms with E-state index in [2.05, 4.69) is 42.4 Å². The van der Waals surface area contributed by atoms with E-state index in [9.17, 15) is 5.11 Å². The van der Waals surface area contributed by atoms with Crippen LogP contribution < -0.4 is 15.5 Å². The van der Waals surface area contributed by atoms with Crippen LogP contribution in [0.1, 0.15) is 46.2 Å². The summed E-state index contributed by atoms with van der Waals surface area (Å²) in [4.78, 5) is 21.9. The molecule has 5 rings (SSSR count). The summed E-state index contributed by atoms with van der Waals surface area (Å²) in [5.41, 5.74) is 10.7. The molecule has 2 aliphatic heterocycles. The first-order valence-electron chi connectivity index (χ1n) is 14.4. The molecule has 2 saturated heterocycles. The summed E-state index contributed by atoms with van der Waals surface area (Å²) in [6, 6.07) is 11.9. The van der Waals surface area contributed by atoms with E-state index in [0.717, 1.165) is 79.5 Å². The standard InChI is InChI=1S/C31H43N7O2/c1-21(2)22(3)38(27-9-7-6-8-25(27)32)30-34-26-11-10-24(20-36-14-12-23(13-15-36)31(4,5)39)33-28(26)29(35-30)37-16-18-40-19-17-37/h6-11,21,23,39H,3,12-20,32H2,1-2,4-5H3. The van der Waals surface area contributed by atoms with Crippen molar-refractivity contribution in [3.8, 4) is 0 Å². The lowest BCUT2D eigenvalue weighted by Gasteiger charge is -2.37. The van der Waals surface area contributed by atoms with Gasteiger partial charge >= 0.3 is 0 Å². The Morgan fingerprint density at radius 3 is 2.42 bits per heavy atom. The van der Waals surface area contributed by atoms with Crippen LogP contribution in [0.3, 0.4) is 0 Å². The molecule has 1 aromatic carbocycles. The predicted molar refractivity (Wildman–Crippen MR) is 162 cm³/mol. The number of benzene rings is 1. The zero-order valence-electron chi connectivity index (χ0n) is 24.3. The Morgan fingerprint density at radius 1 is 1.07 bits per heavy atom. The van der Waals surface area contributed by atoms with Crippen molar-refractivity contribution in [3.63, 3.8) is 0 Å². The largest absolute Gasteiger partial charge is 0.397 e. The number of aliphatic hydroxyl groups is 1. The van der Waals surface area contributed by atoms with Gasteiger partial charge in [-0.05, 0) is 75.9 Å². The predicted octanol–water partition coefficient (Wildman–Crippen LogP) is 4.73. The Balaban J connectivity index is 1.53. The number of anilines is 4. The first-order chi connectivity index (χ1) is 19.1. The number of pyridine rings is 1. The Kier molecular flexibility index (Phi) is 8.26. The molecule has 0 unspecified atom stereocenters. The minimum atomic E-state index is -0.630. The van der Waals surface area contributed by atoms with E-state index in [1.165, 1.54) is 0 Å². The van der Waals surface area contributed by atoms with Gasteiger partial charge in [-0.3, -0.25) is 9.80 Å². The minimum absolute atomic E-state index is 0.159. The highest BCUT2D eigenvalue weighted by atomic mass is 16.5. The number of ether oxygens (including phenoxy) is 1. The summed E-state index contributed by atoms with van der Waals surface area (Å²) in [6.45, 7) is 17.9. The van der Waals surface area contributed by atoms with Crippen LogP contribution in [-0.2, 0) is 11.3 Å². The Bertz CT molecular complexity index is 1340. The molecule has 2 aromatic heterocycles. The van der Waals surface area contributed by atoms with Crippen molar-refractivity contribution in [2.24, 2.45) is 11.8 Å². The fourth-order valence-electron chi connectivity index (χ4n) is 5.58. The van der Waals surface area contributed by atoms with Gasteiger partial charge in [0, 0.05) is 25.3 Å². The van der Waals surface area contributed by atoms with Crippen LogP contribution in [0.4, 0.5) is 23.1 Å². The Labute approximate surface area is 237 Å². The molecular weight excluding hydrogens is 502 g/mol. The summed E-state index contributed by atoms with van der Waals surface area (Å²) in [5.74, 6) is 1.83. The molecule has 0 bridgehead atoms. The zero-order valence-corrected chi connectivity index (χ0v) is 24.3. The molecule has 3 N–H and O–H groups in total. The van der Waals surface area contributed by atoms with E-state index in [4.69, 9.17) is 25.4 Å². The number of aromatic nitrogens is 3. The van der Waals surface area contributed by atoms with Crippen LogP contribution in [0.25, 0.3) is 11.0 Å². The van der Waals surface area contributed by atoms with Crippen LogP contribution >= 0.6 is 0 Å². The van der Waals surface area contributed by atoms with Gasteiger partial charge < -0.3 is 20.5 Å². The second-order valence-corrected chi connectivity index (χ2v) is 11.9. The number of rotatable bonds is 8. The van der Waals surface area contributed by atoms with Crippen molar-refractivity contribution in [1.29, 1.82) is 0 Å². The number of nitrogens with zero attached hydrogens (tertiary/aromatic N) is 6. The molecule has 9 nitrogen and oxygen atoms in total. The number of piperidine rings is 1. The molecule has 0 atom stereocenters. The third kappa shape index (κ3) is 6.06. The minimum Gasteiger partial charge on any atom is -0.397 e. The van der Waals surface area contributed by atoms with Crippen LogP contribution in [0.5, 0.6) is 0 Å². The Morgan fingerprint density at radius 2 is 1.77 bits per heavy atom. The van der Waals surface area contributed by atoms with Gasteiger partial charge in [-0.15, -0.1) is 0 Å². The van der Waals surface area contributed by atoms with Gasteiger partial charge in [-0.25, -0.2) is 9.97 Å². The van der Waals surface area contributed by atoms with Crippen LogP contribution in [0.15, 0.2) is 48.7 Å². The van der Waals surface area contributed by atoms with E-state index < -0.39 is 5.60 Å². The van der Waals surface area contributed by atoms with E-state index in [0.29, 0.717) is 30.8 Å². The van der Waals surface area contributed by atoms with Crippen molar-refractivity contribution in [2.45, 2.75) is 52.7 Å². The normalized spacial score (nSPS) is 17.5. The van der Waals surface area contributed by atoms with Crippen LogP contribution in [0, 0.1) is 11.8 Å². The number of para-hydroxylation sites is 2. The topological polar surface area (TPSA) is 104 Å². The van der Waals surface area contributed by atoms with Crippen molar-refractivity contribution >= 4 is 34.2 Å². The van der Waals surface area contributed by atoms with Gasteiger partial charge in [0.1, 0.15) is 5.52 Å². The van der Waals surface area contributed by atoms with Gasteiger partial charge in [-0.1, -0.05) is 32.6 Å². The maximum absolute atomic E-state index is 10.4. The molecule has 9 heteroatoms. The summed E-state index contributed by atoms with van der Waals surface area (Å²) >= 11 is 0. The first-order valence-corrected chi connectivity index (χ1v) is 14.4. The van der Waals surface area contributed by atoms with Crippen molar-refractivity contribution in [3.05, 3.63) is 54.4 Å². The van der Waals surface area contributed by atoms with E-state index in [1.54, 1.807) is 0 Å². The molecule has 214 valence electrons. The molecule has 0 amide bonds. The molecule has 0 spiro atoms. The third-order valence-corrected chi connectivity index (χ3v) is 8.18. The molecule has 0 radical (unpaired) electrons. The van der Waals surface area contributed by atoms with Crippen molar-refractivity contribution in [2.75, 3.05) is 54.9 Å². The first kappa shape index (κ1) is 28.3. The quantitative estimate of drug-likeness (QED) is 0.389. The van der Waals surface area contributed by atoms with Crippen LogP contribution in [0.2, 0.25) is 0 Å². The number of fused-ring (bicyclic) bond motifs is 1. The molecule has 3 aromatic rings. The average molecular weight is 546 g/mol. The SMILES string of the molecule is C=C(C(C)C)N(c1nc(N2CCOCC2)c2nc(CN3CCC(C(C)(C)O)CC3)ccc2n1)c1ccccc1N. The van der Waals surface area contributed by atoms with Gasteiger partial charge in [-0.2, -0.15) is 4.98 Å². The molecule has 0 saturated carbocycles. The lowest BCUT2D eigenvalue weighted by atomic mass is 9.83. The molecule has 0 aliphatic carbocycles. The number of hydrogen-bond acceptors (Lipinski definition) is 9. The number of morpholine rings is 1. The highest BCUT2D eigenvalue weighted by molar-refractivity contribution is 5.88. The smallest absolute Gasteiger partial charge is 0.237 e. The summed E-state index contributed by atoms with van der Waals surface area (Å²) in [6.07, 6.45) is 1.97. The van der Waals surface area contributed by atoms with Gasteiger partial charge in [0.25, 0.3) is 0 Å². The lowest BCUT2D eigenvalue weighted by Crippen LogP contribution is -2.41. The fraction of sp³-hybridized carbons (Fsp3) is 0.516. The highest BCUT2D eigenvalue weighted by Gasteiger charge is 2.31. The van der Waals surface area contributed by atoms with E-state index in [-0.39, 0.29) is 5.92 Å². The number of nitrogens with two attached hydrogens (primary N) is 1. The van der Waals surface area contributed by atoms with Gasteiger partial charge in [0.2, 0.25) is 5.95 Å². The monoisotopic (exact) mass is 545 g/mol. The van der Waals surface area contributed by atoms with Crippen LogP contribution in [-0.4, -0.2) is 70.0 Å². The maximum Gasteiger partial charge on any atom is 0.237 e. The van der Waals surface area contributed by atoms with E-state index in [1.807, 2.05) is 43.0 Å². The number of likely N-dealkylation sites (tertiary alicyclic amines) is 1. The highest BCUT2D eigenvalue weighted by Crippen LogP contribution is 2.36. The third-order valence-electron chi connectivity index (χ3n) is 8.18. The maximum atomic E-state index is 10.4. The summed E-state index contributed by atoms with van der Waals surface area (Å²) in [5, 5.41) is 10.4. The van der Waals surface area contributed by atoms with Crippen molar-refractivity contribution in [1.82, 2.24) is 19.9 Å². The number of allylic oxidation sites excluding steroid dienone is 1. The Hall–Kier alpha value is -3.27. The molecule has 2 fully saturated rings. The van der Waals surface area contributed by atoms with E-state index >= 15 is 0 Å². The summed E-state index contributed by atoms with van der Waals surface area (Å²) in [7, 11) is 0. The average Bonchev–Trinajstić information content (AvgIpc) is 2.94. The molecular formula is C31H43N7O2. The molecule has 4 heterocycles. The summed E-state index contributed by atoms with van der Waals surface area (Å²) < 4.78 is 5.65. The lowest BCUT2D eigenvalue weighted by molar-refractivity contribution is -0.0137.